The number of benzene rings is 2. The molecule has 7 nitrogen and oxygen atoms in total. The molecule has 2 rings (SSSR count). The molecule has 10 heteroatoms. The number of ether oxygens (including phenoxy) is 3. The van der Waals surface area contributed by atoms with E-state index in [9.17, 15) is 27.9 Å². The zero-order chi connectivity index (χ0) is 23.0. The highest BCUT2D eigenvalue weighted by atomic mass is 19.4. The van der Waals surface area contributed by atoms with Crippen LogP contribution < -0.4 is 10.1 Å². The molecule has 0 aliphatic rings. The first-order valence-electron chi connectivity index (χ1n) is 9.27. The molecule has 2 aromatic rings. The minimum absolute atomic E-state index is 0.0494. The van der Waals surface area contributed by atoms with Crippen LogP contribution in [0.3, 0.4) is 0 Å². The Balaban J connectivity index is 1.83. The molecule has 2 N–H and O–H groups in total. The molecule has 31 heavy (non-hydrogen) atoms. The van der Waals surface area contributed by atoms with Crippen LogP contribution in [-0.2, 0) is 27.3 Å². The van der Waals surface area contributed by atoms with Crippen LogP contribution in [0.4, 0.5) is 23.7 Å². The second kappa shape index (κ2) is 10.7. The lowest BCUT2D eigenvalue weighted by Crippen LogP contribution is -2.29. The monoisotopic (exact) mass is 441 g/mol. The van der Waals surface area contributed by atoms with E-state index in [2.05, 4.69) is 10.1 Å². The van der Waals surface area contributed by atoms with Crippen LogP contribution >= 0.6 is 0 Å². The summed E-state index contributed by atoms with van der Waals surface area (Å²) in [5.74, 6) is -1.45. The number of carboxylic acid groups (broad SMARTS) is 1. The number of carboxylic acids is 1. The Morgan fingerprint density at radius 2 is 1.58 bits per heavy atom. The molecule has 0 bridgehead atoms. The number of aliphatic carboxylic acids is 1. The van der Waals surface area contributed by atoms with Gasteiger partial charge in [-0.05, 0) is 49.2 Å². The number of halogens is 3. The van der Waals surface area contributed by atoms with Gasteiger partial charge >= 0.3 is 18.4 Å². The number of carbonyl (C=O) groups excluding carboxylic acids is 1. The molecule has 0 aliphatic heterocycles. The van der Waals surface area contributed by atoms with E-state index in [1.54, 1.807) is 38.1 Å². The van der Waals surface area contributed by atoms with Crippen molar-refractivity contribution in [3.63, 3.8) is 0 Å². The molecule has 168 valence electrons. The topological polar surface area (TPSA) is 94.1 Å². The van der Waals surface area contributed by atoms with E-state index in [0.717, 1.165) is 17.7 Å². The Kier molecular flexibility index (Phi) is 8.26. The van der Waals surface area contributed by atoms with E-state index < -0.39 is 30.3 Å². The fraction of sp³-hybridized carbons (Fsp3) is 0.333. The molecule has 0 spiro atoms. The predicted molar refractivity (Wildman–Crippen MR) is 105 cm³/mol. The minimum Gasteiger partial charge on any atom is -0.479 e. The summed E-state index contributed by atoms with van der Waals surface area (Å²) in [5.41, 5.74) is 1.66. The lowest BCUT2D eigenvalue weighted by atomic mass is 10.1. The van der Waals surface area contributed by atoms with Gasteiger partial charge in [0.05, 0.1) is 6.10 Å². The average Bonchev–Trinajstić information content (AvgIpc) is 2.67. The summed E-state index contributed by atoms with van der Waals surface area (Å²) in [6.45, 7) is 3.46. The van der Waals surface area contributed by atoms with Gasteiger partial charge < -0.3 is 19.3 Å². The molecule has 0 radical (unpaired) electrons. The van der Waals surface area contributed by atoms with Crippen LogP contribution in [-0.4, -0.2) is 35.7 Å². The van der Waals surface area contributed by atoms with Gasteiger partial charge in [0, 0.05) is 12.1 Å². The van der Waals surface area contributed by atoms with Crippen molar-refractivity contribution in [1.29, 1.82) is 0 Å². The van der Waals surface area contributed by atoms with Crippen molar-refractivity contribution in [2.45, 2.75) is 45.4 Å². The van der Waals surface area contributed by atoms with Gasteiger partial charge in [-0.3, -0.25) is 5.32 Å². The van der Waals surface area contributed by atoms with E-state index >= 15 is 0 Å². The van der Waals surface area contributed by atoms with Crippen LogP contribution in [0.5, 0.6) is 5.75 Å². The van der Waals surface area contributed by atoms with Gasteiger partial charge in [-0.25, -0.2) is 9.59 Å². The van der Waals surface area contributed by atoms with Crippen LogP contribution in [0.2, 0.25) is 0 Å². The Morgan fingerprint density at radius 1 is 1.00 bits per heavy atom. The van der Waals surface area contributed by atoms with Gasteiger partial charge in [-0.2, -0.15) is 0 Å². The fourth-order valence-corrected chi connectivity index (χ4v) is 2.55. The smallest absolute Gasteiger partial charge is 0.479 e. The molecule has 0 aromatic heterocycles. The Labute approximate surface area is 176 Å². The molecule has 2 aromatic carbocycles. The molecule has 1 unspecified atom stereocenters. The van der Waals surface area contributed by atoms with Crippen molar-refractivity contribution in [2.24, 2.45) is 0 Å². The molecule has 0 aliphatic carbocycles. The van der Waals surface area contributed by atoms with Gasteiger partial charge in [0.1, 0.15) is 12.4 Å². The van der Waals surface area contributed by atoms with E-state index in [0.29, 0.717) is 5.56 Å². The second-order valence-corrected chi connectivity index (χ2v) is 6.81. The number of hydrogen-bond acceptors (Lipinski definition) is 5. The van der Waals surface area contributed by atoms with Gasteiger partial charge in [-0.15, -0.1) is 13.2 Å². The molecular formula is C21H22F3NO6. The van der Waals surface area contributed by atoms with Crippen LogP contribution in [0.1, 0.15) is 25.0 Å². The van der Waals surface area contributed by atoms with Gasteiger partial charge in [0.2, 0.25) is 0 Å². The third kappa shape index (κ3) is 8.95. The first-order valence-corrected chi connectivity index (χ1v) is 9.27. The SMILES string of the molecule is CC(C)OC(Cc1ccc(COC(=O)Nc2ccc(OC(F)(F)F)cc2)cc1)C(=O)O. The summed E-state index contributed by atoms with van der Waals surface area (Å²) in [6, 6.07) is 11.4. The van der Waals surface area contributed by atoms with Crippen LogP contribution in [0, 0.1) is 0 Å². The Morgan fingerprint density at radius 3 is 2.10 bits per heavy atom. The number of carbonyl (C=O) groups is 2. The van der Waals surface area contributed by atoms with E-state index in [4.69, 9.17) is 9.47 Å². The number of amides is 1. The third-order valence-corrected chi connectivity index (χ3v) is 3.86. The van der Waals surface area contributed by atoms with Crippen LogP contribution in [0.15, 0.2) is 48.5 Å². The normalized spacial score (nSPS) is 12.3. The fourth-order valence-electron chi connectivity index (χ4n) is 2.55. The summed E-state index contributed by atoms with van der Waals surface area (Å²) in [7, 11) is 0. The highest BCUT2D eigenvalue weighted by Gasteiger charge is 2.31. The summed E-state index contributed by atoms with van der Waals surface area (Å²) in [6.07, 6.45) is -6.56. The molecule has 0 heterocycles. The maximum atomic E-state index is 12.1. The maximum Gasteiger partial charge on any atom is 0.573 e. The molecular weight excluding hydrogens is 419 g/mol. The van der Waals surface area contributed by atoms with Crippen molar-refractivity contribution in [1.82, 2.24) is 0 Å². The first kappa shape index (κ1) is 24.0. The standard InChI is InChI=1S/C21H22F3NO6/c1-13(2)30-18(19(26)27)11-14-3-5-15(6-4-14)12-29-20(28)25-16-7-9-17(10-8-16)31-21(22,23)24/h3-10,13,18H,11-12H2,1-2H3,(H,25,28)(H,26,27). The molecule has 1 atom stereocenters. The molecule has 1 amide bonds. The molecule has 0 saturated carbocycles. The lowest BCUT2D eigenvalue weighted by molar-refractivity contribution is -0.274. The summed E-state index contributed by atoms with van der Waals surface area (Å²) in [5, 5.41) is 11.6. The summed E-state index contributed by atoms with van der Waals surface area (Å²) < 4.78 is 50.6. The predicted octanol–water partition coefficient (Wildman–Crippen LogP) is 4.75. The summed E-state index contributed by atoms with van der Waals surface area (Å²) in [4.78, 5) is 23.1. The second-order valence-electron chi connectivity index (χ2n) is 6.81. The van der Waals surface area contributed by atoms with E-state index in [1.165, 1.54) is 12.1 Å². The number of hydrogen-bond donors (Lipinski definition) is 2. The van der Waals surface area contributed by atoms with Crippen molar-refractivity contribution in [3.05, 3.63) is 59.7 Å². The number of alkyl halides is 3. The average molecular weight is 441 g/mol. The van der Waals surface area contributed by atoms with E-state index in [-0.39, 0.29) is 24.8 Å². The van der Waals surface area contributed by atoms with Gasteiger partial charge in [0.15, 0.2) is 6.10 Å². The third-order valence-electron chi connectivity index (χ3n) is 3.86. The van der Waals surface area contributed by atoms with Crippen molar-refractivity contribution in [2.75, 3.05) is 5.32 Å². The Hall–Kier alpha value is -3.27. The highest BCUT2D eigenvalue weighted by molar-refractivity contribution is 5.84. The summed E-state index contributed by atoms with van der Waals surface area (Å²) >= 11 is 0. The Bertz CT molecular complexity index is 866. The van der Waals surface area contributed by atoms with Gasteiger partial charge in [-0.1, -0.05) is 24.3 Å². The van der Waals surface area contributed by atoms with Crippen molar-refractivity contribution < 1.29 is 42.1 Å². The lowest BCUT2D eigenvalue weighted by Gasteiger charge is -2.16. The number of rotatable bonds is 9. The minimum atomic E-state index is -4.79. The molecule has 0 saturated heterocycles. The zero-order valence-corrected chi connectivity index (χ0v) is 16.8. The first-order chi connectivity index (χ1) is 14.5. The van der Waals surface area contributed by atoms with Crippen molar-refractivity contribution in [3.8, 4) is 5.75 Å². The highest BCUT2D eigenvalue weighted by Crippen LogP contribution is 2.24. The largest absolute Gasteiger partial charge is 0.573 e. The zero-order valence-electron chi connectivity index (χ0n) is 16.8. The van der Waals surface area contributed by atoms with Crippen molar-refractivity contribution >= 4 is 17.7 Å². The molecule has 0 fully saturated rings. The number of anilines is 1. The number of nitrogens with one attached hydrogen (secondary N) is 1. The van der Waals surface area contributed by atoms with Gasteiger partial charge in [0.25, 0.3) is 0 Å². The maximum absolute atomic E-state index is 12.1. The van der Waals surface area contributed by atoms with Crippen LogP contribution in [0.25, 0.3) is 0 Å². The quantitative estimate of drug-likeness (QED) is 0.583. The van der Waals surface area contributed by atoms with E-state index in [1.807, 2.05) is 0 Å².